The monoisotopic (exact) mass is 303 g/mol. The van der Waals surface area contributed by atoms with E-state index in [1.807, 2.05) is 19.2 Å². The van der Waals surface area contributed by atoms with E-state index in [0.29, 0.717) is 6.42 Å². The van der Waals surface area contributed by atoms with Crippen molar-refractivity contribution in [1.82, 2.24) is 10.6 Å². The molecule has 9 heteroatoms. The lowest BCUT2D eigenvalue weighted by Crippen LogP contribution is -2.49. The maximum absolute atomic E-state index is 11.6. The summed E-state index contributed by atoms with van der Waals surface area (Å²) in [4.78, 5) is 44.2. The molecule has 120 valence electrons. The summed E-state index contributed by atoms with van der Waals surface area (Å²) in [6.07, 6.45) is -0.300. The second kappa shape index (κ2) is 8.90. The van der Waals surface area contributed by atoms with Crippen molar-refractivity contribution in [3.05, 3.63) is 0 Å². The Kier molecular flexibility index (Phi) is 7.99. The van der Waals surface area contributed by atoms with E-state index in [1.54, 1.807) is 0 Å². The molecule has 2 atom stereocenters. The zero-order chi connectivity index (χ0) is 16.6. The van der Waals surface area contributed by atoms with Gasteiger partial charge in [-0.3, -0.25) is 14.4 Å². The number of nitrogens with two attached hydrogens (primary N) is 1. The number of hydrogen-bond acceptors (Lipinski definition) is 5. The predicted octanol–water partition coefficient (Wildman–Crippen LogP) is -1.48. The average molecular weight is 303 g/mol. The summed E-state index contributed by atoms with van der Waals surface area (Å²) >= 11 is 0. The molecule has 0 aliphatic rings. The number of amides is 2. The van der Waals surface area contributed by atoms with Crippen LogP contribution in [0.4, 0.5) is 0 Å². The molecule has 6 N–H and O–H groups in total. The third kappa shape index (κ3) is 8.58. The summed E-state index contributed by atoms with van der Waals surface area (Å²) in [5.41, 5.74) is 5.60. The number of carbonyl (C=O) groups is 4. The van der Waals surface area contributed by atoms with Gasteiger partial charge in [-0.2, -0.15) is 0 Å². The van der Waals surface area contributed by atoms with E-state index in [2.05, 4.69) is 5.32 Å². The van der Waals surface area contributed by atoms with Crippen LogP contribution >= 0.6 is 0 Å². The van der Waals surface area contributed by atoms with Crippen molar-refractivity contribution >= 4 is 23.8 Å². The molecular weight excluding hydrogens is 282 g/mol. The first-order valence-electron chi connectivity index (χ1n) is 6.40. The van der Waals surface area contributed by atoms with Crippen LogP contribution in [0.5, 0.6) is 0 Å². The maximum Gasteiger partial charge on any atom is 0.326 e. The first-order valence-corrected chi connectivity index (χ1v) is 6.40. The van der Waals surface area contributed by atoms with Crippen LogP contribution in [0.25, 0.3) is 0 Å². The highest BCUT2D eigenvalue weighted by molar-refractivity contribution is 5.90. The molecule has 2 amide bonds. The van der Waals surface area contributed by atoms with Crippen LogP contribution in [-0.4, -0.2) is 52.6 Å². The normalized spacial score (nSPS) is 13.3. The van der Waals surface area contributed by atoms with E-state index >= 15 is 0 Å². The topological polar surface area (TPSA) is 159 Å². The quantitative estimate of drug-likeness (QED) is 0.347. The molecule has 0 aliphatic carbocycles. The van der Waals surface area contributed by atoms with Crippen molar-refractivity contribution in [3.8, 4) is 0 Å². The van der Waals surface area contributed by atoms with Gasteiger partial charge in [0.1, 0.15) is 6.04 Å². The Labute approximate surface area is 121 Å². The van der Waals surface area contributed by atoms with Gasteiger partial charge in [-0.25, -0.2) is 4.79 Å². The lowest BCUT2D eigenvalue weighted by molar-refractivity contribution is -0.147. The Hall–Kier alpha value is -2.16. The number of carboxylic acids is 2. The lowest BCUT2D eigenvalue weighted by Gasteiger charge is -2.15. The minimum atomic E-state index is -1.55. The largest absolute Gasteiger partial charge is 0.481 e. The van der Waals surface area contributed by atoms with Crippen molar-refractivity contribution in [2.75, 3.05) is 6.54 Å². The van der Waals surface area contributed by atoms with Gasteiger partial charge >= 0.3 is 11.9 Å². The third-order valence-electron chi connectivity index (χ3n) is 2.50. The van der Waals surface area contributed by atoms with Crippen LogP contribution in [-0.2, 0) is 19.2 Å². The van der Waals surface area contributed by atoms with E-state index in [0.717, 1.165) is 0 Å². The molecule has 0 spiro atoms. The summed E-state index contributed by atoms with van der Waals surface area (Å²) in [5.74, 6) is -3.93. The van der Waals surface area contributed by atoms with E-state index in [-0.39, 0.29) is 5.92 Å². The molecule has 0 saturated carbocycles. The number of aliphatic carboxylic acids is 2. The van der Waals surface area contributed by atoms with Gasteiger partial charge in [-0.1, -0.05) is 13.8 Å². The zero-order valence-electron chi connectivity index (χ0n) is 12.0. The highest BCUT2D eigenvalue weighted by Crippen LogP contribution is 2.02. The highest BCUT2D eigenvalue weighted by Gasteiger charge is 2.23. The van der Waals surface area contributed by atoms with Gasteiger partial charge in [0.05, 0.1) is 19.0 Å². The Balaban J connectivity index is 4.27. The van der Waals surface area contributed by atoms with Crippen molar-refractivity contribution < 1.29 is 29.4 Å². The average Bonchev–Trinajstić information content (AvgIpc) is 2.33. The van der Waals surface area contributed by atoms with Crippen LogP contribution in [0.15, 0.2) is 0 Å². The second-order valence-corrected chi connectivity index (χ2v) is 5.01. The fraction of sp³-hybridized carbons (Fsp3) is 0.667. The molecule has 0 aliphatic heterocycles. The molecule has 0 radical (unpaired) electrons. The van der Waals surface area contributed by atoms with Crippen LogP contribution < -0.4 is 16.4 Å². The van der Waals surface area contributed by atoms with Gasteiger partial charge in [-0.05, 0) is 12.3 Å². The van der Waals surface area contributed by atoms with Crippen molar-refractivity contribution in [2.24, 2.45) is 11.7 Å². The Bertz CT molecular complexity index is 410. The highest BCUT2D eigenvalue weighted by atomic mass is 16.4. The molecule has 0 unspecified atom stereocenters. The molecule has 0 rings (SSSR count). The van der Waals surface area contributed by atoms with Crippen LogP contribution in [0.1, 0.15) is 26.7 Å². The molecule has 21 heavy (non-hydrogen) atoms. The summed E-state index contributed by atoms with van der Waals surface area (Å²) in [5, 5.41) is 21.5. The van der Waals surface area contributed by atoms with E-state index in [9.17, 15) is 19.2 Å². The summed E-state index contributed by atoms with van der Waals surface area (Å²) in [6, 6.07) is -2.30. The maximum atomic E-state index is 11.6. The second-order valence-electron chi connectivity index (χ2n) is 5.01. The van der Waals surface area contributed by atoms with Gasteiger partial charge in [0.15, 0.2) is 0 Å². The molecule has 0 heterocycles. The van der Waals surface area contributed by atoms with Gasteiger partial charge in [0, 0.05) is 0 Å². The fourth-order valence-electron chi connectivity index (χ4n) is 1.53. The van der Waals surface area contributed by atoms with Crippen LogP contribution in [0.3, 0.4) is 0 Å². The lowest BCUT2D eigenvalue weighted by atomic mass is 10.0. The summed E-state index contributed by atoms with van der Waals surface area (Å²) < 4.78 is 0. The smallest absolute Gasteiger partial charge is 0.326 e. The molecule has 9 nitrogen and oxygen atoms in total. The number of carbonyl (C=O) groups excluding carboxylic acids is 2. The van der Waals surface area contributed by atoms with Gasteiger partial charge in [0.2, 0.25) is 11.8 Å². The fourth-order valence-corrected chi connectivity index (χ4v) is 1.53. The number of rotatable bonds is 9. The first-order chi connectivity index (χ1) is 9.63. The molecule has 0 fully saturated rings. The Morgan fingerprint density at radius 3 is 2.14 bits per heavy atom. The van der Waals surface area contributed by atoms with E-state index < -0.39 is 48.8 Å². The third-order valence-corrected chi connectivity index (χ3v) is 2.50. The molecular formula is C12H21N3O6. The van der Waals surface area contributed by atoms with Crippen molar-refractivity contribution in [3.63, 3.8) is 0 Å². The Morgan fingerprint density at radius 1 is 1.14 bits per heavy atom. The molecule has 0 aromatic rings. The van der Waals surface area contributed by atoms with Crippen molar-refractivity contribution in [2.45, 2.75) is 38.8 Å². The predicted molar refractivity (Wildman–Crippen MR) is 72.3 cm³/mol. The van der Waals surface area contributed by atoms with Crippen LogP contribution in [0.2, 0.25) is 0 Å². The molecule has 0 aromatic heterocycles. The van der Waals surface area contributed by atoms with Crippen LogP contribution in [0, 0.1) is 5.92 Å². The van der Waals surface area contributed by atoms with Gasteiger partial charge in [0.25, 0.3) is 0 Å². The van der Waals surface area contributed by atoms with Crippen molar-refractivity contribution in [1.29, 1.82) is 0 Å². The number of hydrogen-bond donors (Lipinski definition) is 5. The standard InChI is InChI=1S/C12H21N3O6/c1-6(2)3-7(13)11(19)14-5-9(16)15-8(12(20)21)4-10(17)18/h6-8H,3-5,13H2,1-2H3,(H,14,19)(H,15,16)(H,17,18)(H,20,21)/t7-,8-/m0/s1. The number of nitrogens with one attached hydrogen (secondary N) is 2. The zero-order valence-corrected chi connectivity index (χ0v) is 12.0. The molecule has 0 bridgehead atoms. The minimum absolute atomic E-state index is 0.214. The SMILES string of the molecule is CC(C)C[C@H](N)C(=O)NCC(=O)N[C@@H](CC(=O)O)C(=O)O. The molecule has 0 saturated heterocycles. The first kappa shape index (κ1) is 18.8. The Morgan fingerprint density at radius 2 is 1.71 bits per heavy atom. The van der Waals surface area contributed by atoms with Gasteiger partial charge < -0.3 is 26.6 Å². The summed E-state index contributed by atoms with van der Waals surface area (Å²) in [6.45, 7) is 3.32. The number of carboxylic acid groups (broad SMARTS) is 2. The van der Waals surface area contributed by atoms with E-state index in [4.69, 9.17) is 15.9 Å². The van der Waals surface area contributed by atoms with Gasteiger partial charge in [-0.15, -0.1) is 0 Å². The van der Waals surface area contributed by atoms with E-state index in [1.165, 1.54) is 0 Å². The summed E-state index contributed by atoms with van der Waals surface area (Å²) in [7, 11) is 0. The minimum Gasteiger partial charge on any atom is -0.481 e. The molecule has 0 aromatic carbocycles.